The van der Waals surface area contributed by atoms with Crippen molar-refractivity contribution < 1.29 is 24.3 Å². The fraction of sp³-hybridized carbons (Fsp3) is 0.643. The van der Waals surface area contributed by atoms with Crippen LogP contribution in [0.3, 0.4) is 0 Å². The summed E-state index contributed by atoms with van der Waals surface area (Å²) in [5.74, 6) is -0.885. The molecule has 0 bridgehead atoms. The number of hydrogen-bond donors (Lipinski definition) is 3. The number of nitrogens with zero attached hydrogens (tertiary/aromatic N) is 2. The molecule has 1 saturated carbocycles. The molecule has 38 heavy (non-hydrogen) atoms. The minimum absolute atomic E-state index is 0.0553. The summed E-state index contributed by atoms with van der Waals surface area (Å²) in [7, 11) is 1.62. The highest BCUT2D eigenvalue weighted by Gasteiger charge is 2.55. The van der Waals surface area contributed by atoms with E-state index in [4.69, 9.17) is 11.6 Å². The summed E-state index contributed by atoms with van der Waals surface area (Å²) in [6, 6.07) is 6.07. The maximum absolute atomic E-state index is 13.6. The van der Waals surface area contributed by atoms with E-state index in [9.17, 15) is 24.3 Å². The second-order valence-electron chi connectivity index (χ2n) is 12.2. The summed E-state index contributed by atoms with van der Waals surface area (Å²) in [4.78, 5) is 54.3. The number of amides is 5. The van der Waals surface area contributed by atoms with Crippen LogP contribution in [0, 0.1) is 17.3 Å². The maximum Gasteiger partial charge on any atom is 0.324 e. The van der Waals surface area contributed by atoms with Crippen LogP contribution in [0.25, 0.3) is 0 Å². The summed E-state index contributed by atoms with van der Waals surface area (Å²) in [5, 5.41) is 17.6. The van der Waals surface area contributed by atoms with Crippen LogP contribution in [0.1, 0.15) is 65.4 Å². The minimum atomic E-state index is -1.12. The first-order chi connectivity index (χ1) is 17.7. The molecule has 2 aliphatic heterocycles. The molecule has 1 unspecified atom stereocenters. The van der Waals surface area contributed by atoms with Crippen LogP contribution in [-0.4, -0.2) is 70.4 Å². The third kappa shape index (κ3) is 4.91. The van der Waals surface area contributed by atoms with Crippen LogP contribution in [-0.2, 0) is 20.0 Å². The molecule has 9 nitrogen and oxygen atoms in total. The van der Waals surface area contributed by atoms with Crippen molar-refractivity contribution >= 4 is 35.4 Å². The van der Waals surface area contributed by atoms with E-state index in [0.29, 0.717) is 43.8 Å². The normalized spacial score (nSPS) is 29.6. The number of carbonyl (C=O) groups is 4. The average molecular weight is 547 g/mol. The number of carbonyl (C=O) groups excluding carboxylic acids is 4. The molecular formula is C28H39ClN4O5. The van der Waals surface area contributed by atoms with Crippen molar-refractivity contribution in [3.63, 3.8) is 0 Å². The third-order valence-electron chi connectivity index (χ3n) is 8.99. The summed E-state index contributed by atoms with van der Waals surface area (Å²) < 4.78 is 0. The summed E-state index contributed by atoms with van der Waals surface area (Å²) in [6.07, 6.45) is 2.16. The van der Waals surface area contributed by atoms with Gasteiger partial charge < -0.3 is 20.2 Å². The number of piperidine rings is 1. The molecule has 208 valence electrons. The molecular weight excluding hydrogens is 508 g/mol. The number of hydrogen-bond acceptors (Lipinski definition) is 5. The fourth-order valence-electron chi connectivity index (χ4n) is 6.43. The Labute approximate surface area is 229 Å². The van der Waals surface area contributed by atoms with Gasteiger partial charge >= 0.3 is 6.03 Å². The molecule has 5 amide bonds. The molecule has 1 spiro atoms. The van der Waals surface area contributed by atoms with E-state index in [2.05, 4.69) is 10.6 Å². The highest BCUT2D eigenvalue weighted by molar-refractivity contribution is 6.30. The molecule has 1 aliphatic carbocycles. The van der Waals surface area contributed by atoms with Crippen molar-refractivity contribution in [3.05, 3.63) is 34.9 Å². The van der Waals surface area contributed by atoms with Gasteiger partial charge in [0.2, 0.25) is 11.8 Å². The van der Waals surface area contributed by atoms with Crippen molar-refractivity contribution in [1.82, 2.24) is 20.4 Å². The first-order valence-electron chi connectivity index (χ1n) is 13.4. The zero-order chi connectivity index (χ0) is 28.0. The van der Waals surface area contributed by atoms with Gasteiger partial charge in [-0.25, -0.2) is 4.79 Å². The Morgan fingerprint density at radius 2 is 1.84 bits per heavy atom. The lowest BCUT2D eigenvalue weighted by molar-refractivity contribution is -0.156. The topological polar surface area (TPSA) is 119 Å². The molecule has 3 fully saturated rings. The van der Waals surface area contributed by atoms with Crippen LogP contribution < -0.4 is 10.6 Å². The van der Waals surface area contributed by atoms with Crippen LogP contribution in [0.4, 0.5) is 4.79 Å². The van der Waals surface area contributed by atoms with Gasteiger partial charge in [0.05, 0.1) is 5.60 Å². The van der Waals surface area contributed by atoms with Gasteiger partial charge in [0.15, 0.2) is 0 Å². The Bertz CT molecular complexity index is 1120. The maximum atomic E-state index is 13.6. The number of halogens is 1. The van der Waals surface area contributed by atoms with Gasteiger partial charge in [0.1, 0.15) is 11.6 Å². The minimum Gasteiger partial charge on any atom is -0.384 e. The smallest absolute Gasteiger partial charge is 0.324 e. The number of aliphatic hydroxyl groups is 1. The van der Waals surface area contributed by atoms with Crippen LogP contribution >= 0.6 is 11.6 Å². The second-order valence-corrected chi connectivity index (χ2v) is 12.6. The van der Waals surface area contributed by atoms with E-state index in [1.165, 1.54) is 4.90 Å². The van der Waals surface area contributed by atoms with Gasteiger partial charge in [0.25, 0.3) is 5.91 Å². The predicted octanol–water partition coefficient (Wildman–Crippen LogP) is 3.04. The summed E-state index contributed by atoms with van der Waals surface area (Å²) >= 11 is 6.04. The Kier molecular flexibility index (Phi) is 7.58. The zero-order valence-electron chi connectivity index (χ0n) is 22.8. The summed E-state index contributed by atoms with van der Waals surface area (Å²) in [6.45, 7) is 8.39. The number of nitrogens with one attached hydrogen (secondary N) is 2. The van der Waals surface area contributed by atoms with E-state index in [1.54, 1.807) is 24.1 Å². The second kappa shape index (κ2) is 10.2. The number of rotatable bonds is 6. The van der Waals surface area contributed by atoms with Gasteiger partial charge in [-0.05, 0) is 55.2 Å². The van der Waals surface area contributed by atoms with E-state index in [0.717, 1.165) is 5.56 Å². The van der Waals surface area contributed by atoms with Crippen molar-refractivity contribution in [2.45, 2.75) is 77.0 Å². The molecule has 4 rings (SSSR count). The lowest BCUT2D eigenvalue weighted by atomic mass is 9.66. The van der Waals surface area contributed by atoms with Gasteiger partial charge in [-0.1, -0.05) is 51.4 Å². The van der Waals surface area contributed by atoms with Gasteiger partial charge in [0, 0.05) is 37.0 Å². The number of likely N-dealkylation sites (N-methyl/N-ethyl adjacent to an activating group) is 1. The largest absolute Gasteiger partial charge is 0.384 e. The molecule has 0 aromatic heterocycles. The van der Waals surface area contributed by atoms with Gasteiger partial charge in [-0.15, -0.1) is 0 Å². The van der Waals surface area contributed by atoms with Gasteiger partial charge in [-0.2, -0.15) is 0 Å². The number of benzene rings is 1. The monoisotopic (exact) mass is 546 g/mol. The molecule has 2 heterocycles. The predicted molar refractivity (Wildman–Crippen MR) is 143 cm³/mol. The fourth-order valence-corrected chi connectivity index (χ4v) is 6.56. The number of likely N-dealkylation sites (tertiary alicyclic amines) is 1. The van der Waals surface area contributed by atoms with Crippen molar-refractivity contribution in [2.75, 3.05) is 20.1 Å². The molecule has 3 aliphatic rings. The Balaban J connectivity index is 1.39. The first kappa shape index (κ1) is 28.4. The van der Waals surface area contributed by atoms with Crippen molar-refractivity contribution in [1.29, 1.82) is 0 Å². The zero-order valence-corrected chi connectivity index (χ0v) is 23.6. The van der Waals surface area contributed by atoms with Crippen LogP contribution in [0.5, 0.6) is 0 Å². The van der Waals surface area contributed by atoms with E-state index >= 15 is 0 Å². The lowest BCUT2D eigenvalue weighted by Gasteiger charge is -2.51. The van der Waals surface area contributed by atoms with Crippen LogP contribution in [0.2, 0.25) is 5.02 Å². The number of imide groups is 1. The quantitative estimate of drug-likeness (QED) is 0.474. The van der Waals surface area contributed by atoms with Crippen molar-refractivity contribution in [3.8, 4) is 0 Å². The van der Waals surface area contributed by atoms with E-state index in [1.807, 2.05) is 39.8 Å². The Morgan fingerprint density at radius 3 is 2.39 bits per heavy atom. The molecule has 4 atom stereocenters. The average Bonchev–Trinajstić information content (AvgIpc) is 3.36. The SMILES string of the molecule is CC(C)[C@@H](NC(=O)C[C@@H]1CCC2(C1)C(=O)NC(=O)N2C)C(=O)N1CC[C@](O)(c2ccc(Cl)cc2)C(C)(C)C1. The molecule has 3 N–H and O–H groups in total. The Hall–Kier alpha value is -2.65. The Morgan fingerprint density at radius 1 is 1.18 bits per heavy atom. The molecule has 1 aromatic carbocycles. The lowest BCUT2D eigenvalue weighted by Crippen LogP contribution is -2.60. The molecule has 10 heteroatoms. The highest BCUT2D eigenvalue weighted by atomic mass is 35.5. The molecule has 0 radical (unpaired) electrons. The summed E-state index contributed by atoms with van der Waals surface area (Å²) in [5.41, 5.74) is -1.87. The van der Waals surface area contributed by atoms with E-state index in [-0.39, 0.29) is 36.0 Å². The molecule has 1 aromatic rings. The van der Waals surface area contributed by atoms with Crippen molar-refractivity contribution in [2.24, 2.45) is 17.3 Å². The highest BCUT2D eigenvalue weighted by Crippen LogP contribution is 2.46. The first-order valence-corrected chi connectivity index (χ1v) is 13.7. The van der Waals surface area contributed by atoms with E-state index < -0.39 is 28.6 Å². The third-order valence-corrected chi connectivity index (χ3v) is 9.24. The molecule has 2 saturated heterocycles. The number of urea groups is 1. The standard InChI is InChI=1S/C28H39ClN4O5/c1-17(2)22(30-21(34)14-18-10-11-27(15-18)24(36)31-25(37)32(27)5)23(35)33-13-12-28(38,26(3,4)16-33)19-6-8-20(29)9-7-19/h6-9,17-18,22,38H,10-16H2,1-5H3,(H,30,34)(H,31,36,37)/t18-,22+,27?,28-/m0/s1. The van der Waals surface area contributed by atoms with Crippen LogP contribution in [0.15, 0.2) is 24.3 Å². The van der Waals surface area contributed by atoms with Gasteiger partial charge in [-0.3, -0.25) is 19.7 Å².